The van der Waals surface area contributed by atoms with Crippen molar-refractivity contribution in [2.45, 2.75) is 39.8 Å². The number of aliphatic carboxylic acids is 1. The molecule has 1 heterocycles. The number of amides is 1. The molecule has 1 unspecified atom stereocenters. The average Bonchev–Trinajstić information content (AvgIpc) is 2.83. The summed E-state index contributed by atoms with van der Waals surface area (Å²) >= 11 is 0. The molecule has 1 aromatic carbocycles. The standard InChI is InChI=1S/C17H20N2O5/c1-10(8-16(20)21)18-17(22)13-6-4-5-7-15(13)23-9-14-11(2)19-24-12(14)3/h4-7,10H,8-9H2,1-3H3,(H,18,22)(H,20,21). The van der Waals surface area contributed by atoms with Gasteiger partial charge in [-0.2, -0.15) is 0 Å². The number of carbonyl (C=O) groups is 2. The van der Waals surface area contributed by atoms with Gasteiger partial charge in [0.2, 0.25) is 0 Å². The van der Waals surface area contributed by atoms with E-state index in [1.807, 2.05) is 6.92 Å². The van der Waals surface area contributed by atoms with Gasteiger partial charge in [-0.1, -0.05) is 17.3 Å². The van der Waals surface area contributed by atoms with Gasteiger partial charge in [0.15, 0.2) is 0 Å². The van der Waals surface area contributed by atoms with Crippen LogP contribution in [0.15, 0.2) is 28.8 Å². The van der Waals surface area contributed by atoms with Crippen molar-refractivity contribution in [3.63, 3.8) is 0 Å². The fourth-order valence-electron chi connectivity index (χ4n) is 2.25. The summed E-state index contributed by atoms with van der Waals surface area (Å²) in [6.07, 6.45) is -0.145. The second-order valence-corrected chi connectivity index (χ2v) is 5.56. The van der Waals surface area contributed by atoms with E-state index in [1.165, 1.54) is 0 Å². The van der Waals surface area contributed by atoms with Crippen molar-refractivity contribution in [1.29, 1.82) is 0 Å². The van der Waals surface area contributed by atoms with Gasteiger partial charge in [-0.15, -0.1) is 0 Å². The van der Waals surface area contributed by atoms with E-state index in [0.717, 1.165) is 11.3 Å². The van der Waals surface area contributed by atoms with Crippen molar-refractivity contribution >= 4 is 11.9 Å². The molecule has 2 N–H and O–H groups in total. The predicted octanol–water partition coefficient (Wildman–Crippen LogP) is 2.46. The number of rotatable bonds is 7. The molecular weight excluding hydrogens is 312 g/mol. The summed E-state index contributed by atoms with van der Waals surface area (Å²) in [5.74, 6) is -0.258. The molecule has 0 bridgehead atoms. The van der Waals surface area contributed by atoms with Crippen LogP contribution in [0.1, 0.15) is 40.7 Å². The average molecular weight is 332 g/mol. The molecule has 0 aliphatic rings. The van der Waals surface area contributed by atoms with Crippen molar-refractivity contribution in [2.24, 2.45) is 0 Å². The molecule has 0 aliphatic carbocycles. The number of carbonyl (C=O) groups excluding carboxylic acids is 1. The zero-order valence-electron chi connectivity index (χ0n) is 13.8. The van der Waals surface area contributed by atoms with Crippen molar-refractivity contribution in [3.8, 4) is 5.75 Å². The molecule has 0 fully saturated rings. The third-order valence-electron chi connectivity index (χ3n) is 3.54. The van der Waals surface area contributed by atoms with Crippen LogP contribution in [0.4, 0.5) is 0 Å². The van der Waals surface area contributed by atoms with Gasteiger partial charge in [-0.3, -0.25) is 9.59 Å². The van der Waals surface area contributed by atoms with Gasteiger partial charge < -0.3 is 19.7 Å². The van der Waals surface area contributed by atoms with Crippen LogP contribution in [0.5, 0.6) is 5.75 Å². The summed E-state index contributed by atoms with van der Waals surface area (Å²) < 4.78 is 10.8. The van der Waals surface area contributed by atoms with Gasteiger partial charge in [0, 0.05) is 6.04 Å². The molecular formula is C17H20N2O5. The second-order valence-electron chi connectivity index (χ2n) is 5.56. The van der Waals surface area contributed by atoms with Gasteiger partial charge in [0.1, 0.15) is 18.1 Å². The van der Waals surface area contributed by atoms with Crippen LogP contribution in [0.3, 0.4) is 0 Å². The van der Waals surface area contributed by atoms with E-state index in [9.17, 15) is 9.59 Å². The molecule has 1 aromatic heterocycles. The number of hydrogen-bond acceptors (Lipinski definition) is 5. The molecule has 1 amide bonds. The Morgan fingerprint density at radius 1 is 1.33 bits per heavy atom. The summed E-state index contributed by atoms with van der Waals surface area (Å²) in [5, 5.41) is 15.3. The van der Waals surface area contributed by atoms with Gasteiger partial charge in [-0.25, -0.2) is 0 Å². The Morgan fingerprint density at radius 2 is 2.04 bits per heavy atom. The molecule has 0 radical (unpaired) electrons. The van der Waals surface area contributed by atoms with Crippen molar-refractivity contribution in [1.82, 2.24) is 10.5 Å². The summed E-state index contributed by atoms with van der Waals surface area (Å²) in [7, 11) is 0. The number of para-hydroxylation sites is 1. The van der Waals surface area contributed by atoms with E-state index in [0.29, 0.717) is 17.1 Å². The van der Waals surface area contributed by atoms with E-state index in [1.54, 1.807) is 38.1 Å². The van der Waals surface area contributed by atoms with Gasteiger partial charge in [-0.05, 0) is 32.9 Å². The predicted molar refractivity (Wildman–Crippen MR) is 85.9 cm³/mol. The van der Waals surface area contributed by atoms with Crippen LogP contribution in [0.25, 0.3) is 0 Å². The minimum Gasteiger partial charge on any atom is -0.488 e. The first-order valence-electron chi connectivity index (χ1n) is 7.54. The Morgan fingerprint density at radius 3 is 2.67 bits per heavy atom. The summed E-state index contributed by atoms with van der Waals surface area (Å²) in [6.45, 7) is 5.49. The third-order valence-corrected chi connectivity index (χ3v) is 3.54. The first kappa shape index (κ1) is 17.5. The van der Waals surface area contributed by atoms with Gasteiger partial charge in [0.25, 0.3) is 5.91 Å². The second kappa shape index (κ2) is 7.63. The van der Waals surface area contributed by atoms with Crippen LogP contribution in [-0.2, 0) is 11.4 Å². The zero-order valence-corrected chi connectivity index (χ0v) is 13.8. The van der Waals surface area contributed by atoms with Crippen LogP contribution in [-0.4, -0.2) is 28.2 Å². The maximum atomic E-state index is 12.3. The Bertz CT molecular complexity index is 719. The molecule has 0 saturated carbocycles. The highest BCUT2D eigenvalue weighted by Gasteiger charge is 2.17. The Labute approximate surface area is 139 Å². The molecule has 2 rings (SSSR count). The van der Waals surface area contributed by atoms with Crippen LogP contribution >= 0.6 is 0 Å². The molecule has 2 aromatic rings. The van der Waals surface area contributed by atoms with Crippen LogP contribution in [0.2, 0.25) is 0 Å². The highest BCUT2D eigenvalue weighted by molar-refractivity contribution is 5.97. The van der Waals surface area contributed by atoms with E-state index < -0.39 is 12.0 Å². The summed E-state index contributed by atoms with van der Waals surface area (Å²) in [4.78, 5) is 23.0. The third kappa shape index (κ3) is 4.34. The lowest BCUT2D eigenvalue weighted by atomic mass is 10.1. The highest BCUT2D eigenvalue weighted by atomic mass is 16.5. The molecule has 0 aliphatic heterocycles. The monoisotopic (exact) mass is 332 g/mol. The highest BCUT2D eigenvalue weighted by Crippen LogP contribution is 2.21. The molecule has 0 spiro atoms. The molecule has 1 atom stereocenters. The number of aryl methyl sites for hydroxylation is 2. The number of benzene rings is 1. The lowest BCUT2D eigenvalue weighted by Gasteiger charge is -2.14. The number of hydrogen-bond donors (Lipinski definition) is 2. The van der Waals surface area contributed by atoms with E-state index in [2.05, 4.69) is 10.5 Å². The maximum absolute atomic E-state index is 12.3. The molecule has 0 saturated heterocycles. The smallest absolute Gasteiger partial charge is 0.305 e. The normalized spacial score (nSPS) is 11.8. The fraction of sp³-hybridized carbons (Fsp3) is 0.353. The molecule has 7 heteroatoms. The lowest BCUT2D eigenvalue weighted by Crippen LogP contribution is -2.34. The Balaban J connectivity index is 2.09. The van der Waals surface area contributed by atoms with E-state index in [4.69, 9.17) is 14.4 Å². The SMILES string of the molecule is Cc1noc(C)c1COc1ccccc1C(=O)NC(C)CC(=O)O. The Hall–Kier alpha value is -2.83. The minimum atomic E-state index is -0.967. The summed E-state index contributed by atoms with van der Waals surface area (Å²) in [6, 6.07) is 6.32. The van der Waals surface area contributed by atoms with E-state index in [-0.39, 0.29) is 18.9 Å². The van der Waals surface area contributed by atoms with Crippen molar-refractivity contribution in [3.05, 3.63) is 46.8 Å². The Kier molecular flexibility index (Phi) is 5.57. The number of nitrogens with one attached hydrogen (secondary N) is 1. The number of carboxylic acids is 1. The largest absolute Gasteiger partial charge is 0.488 e. The summed E-state index contributed by atoms with van der Waals surface area (Å²) in [5.41, 5.74) is 1.93. The maximum Gasteiger partial charge on any atom is 0.305 e. The fourth-order valence-corrected chi connectivity index (χ4v) is 2.25. The first-order valence-corrected chi connectivity index (χ1v) is 7.54. The van der Waals surface area contributed by atoms with Crippen molar-refractivity contribution < 1.29 is 24.0 Å². The lowest BCUT2D eigenvalue weighted by molar-refractivity contribution is -0.137. The van der Waals surface area contributed by atoms with Gasteiger partial charge in [0.05, 0.1) is 23.2 Å². The molecule has 128 valence electrons. The number of carboxylic acid groups (broad SMARTS) is 1. The minimum absolute atomic E-state index is 0.145. The van der Waals surface area contributed by atoms with Crippen molar-refractivity contribution in [2.75, 3.05) is 0 Å². The van der Waals surface area contributed by atoms with Crippen LogP contribution < -0.4 is 10.1 Å². The number of ether oxygens (including phenoxy) is 1. The zero-order chi connectivity index (χ0) is 17.7. The van der Waals surface area contributed by atoms with Gasteiger partial charge >= 0.3 is 5.97 Å². The molecule has 24 heavy (non-hydrogen) atoms. The number of nitrogens with zero attached hydrogens (tertiary/aromatic N) is 1. The van der Waals surface area contributed by atoms with Crippen LogP contribution in [0, 0.1) is 13.8 Å². The molecule has 7 nitrogen and oxygen atoms in total. The first-order chi connectivity index (χ1) is 11.4. The quantitative estimate of drug-likeness (QED) is 0.807. The van der Waals surface area contributed by atoms with E-state index >= 15 is 0 Å². The topological polar surface area (TPSA) is 102 Å². The number of aromatic nitrogens is 1.